The van der Waals surface area contributed by atoms with Gasteiger partial charge in [-0.05, 0) is 82.8 Å². The quantitative estimate of drug-likeness (QED) is 0.528. The van der Waals surface area contributed by atoms with Crippen LogP contribution >= 0.6 is 0 Å². The van der Waals surface area contributed by atoms with Crippen molar-refractivity contribution in [2.75, 3.05) is 19.7 Å². The number of likely N-dealkylation sites (tertiary alicyclic amines) is 1. The number of alkyl halides is 3. The maximum absolute atomic E-state index is 12.9. The van der Waals surface area contributed by atoms with Crippen LogP contribution in [0.15, 0.2) is 30.3 Å². The molecule has 0 bridgehead atoms. The zero-order chi connectivity index (χ0) is 23.4. The molecule has 1 saturated carbocycles. The summed E-state index contributed by atoms with van der Waals surface area (Å²) in [5.41, 5.74) is 1.83. The normalized spacial score (nSPS) is 22.9. The second kappa shape index (κ2) is 10.3. The fraction of sp³-hybridized carbons (Fsp3) is 0.600. The molecule has 2 aromatic rings. The smallest absolute Gasteiger partial charge is 0.391 e. The Morgan fingerprint density at radius 2 is 1.79 bits per heavy atom. The molecule has 0 radical (unpaired) electrons. The highest BCUT2D eigenvalue weighted by Gasteiger charge is 2.41. The lowest BCUT2D eigenvalue weighted by molar-refractivity contribution is -0.185. The van der Waals surface area contributed by atoms with Crippen molar-refractivity contribution < 1.29 is 27.4 Å². The van der Waals surface area contributed by atoms with Crippen molar-refractivity contribution in [1.82, 2.24) is 9.88 Å². The zero-order valence-corrected chi connectivity index (χ0v) is 18.9. The van der Waals surface area contributed by atoms with Crippen LogP contribution in [0.25, 0.3) is 10.9 Å². The van der Waals surface area contributed by atoms with E-state index in [1.54, 1.807) is 0 Å². The first kappa shape index (κ1) is 23.8. The number of ether oxygens (including phenoxy) is 2. The number of halogens is 3. The van der Waals surface area contributed by atoms with Gasteiger partial charge in [0.15, 0.2) is 0 Å². The minimum Gasteiger partial charge on any atom is -0.490 e. The second-order valence-electron chi connectivity index (χ2n) is 9.09. The van der Waals surface area contributed by atoms with Gasteiger partial charge in [-0.25, -0.2) is 0 Å². The van der Waals surface area contributed by atoms with Gasteiger partial charge in [0.1, 0.15) is 5.75 Å². The minimum atomic E-state index is -4.10. The molecule has 5 nitrogen and oxygen atoms in total. The third-order valence-electron chi connectivity index (χ3n) is 6.75. The maximum Gasteiger partial charge on any atom is 0.391 e. The highest BCUT2D eigenvalue weighted by atomic mass is 19.4. The molecule has 0 N–H and O–H groups in total. The SMILES string of the molecule is CCOC(=O)C1CCN(Cc2ccc3cc(O[C@H]4CC[C@H](C(F)(F)F)CC4)ccc3n2)CC1. The summed E-state index contributed by atoms with van der Waals surface area (Å²) in [5.74, 6) is -0.624. The summed E-state index contributed by atoms with van der Waals surface area (Å²) >= 11 is 0. The van der Waals surface area contributed by atoms with E-state index in [0.29, 0.717) is 25.2 Å². The molecular formula is C25H31F3N2O3. The van der Waals surface area contributed by atoms with Gasteiger partial charge >= 0.3 is 12.1 Å². The zero-order valence-electron chi connectivity index (χ0n) is 18.9. The van der Waals surface area contributed by atoms with Gasteiger partial charge in [-0.2, -0.15) is 13.2 Å². The molecule has 1 aromatic heterocycles. The summed E-state index contributed by atoms with van der Waals surface area (Å²) in [6.07, 6.45) is -1.57. The van der Waals surface area contributed by atoms with E-state index in [1.165, 1.54) is 0 Å². The number of pyridine rings is 1. The minimum absolute atomic E-state index is 0.00676. The molecular weight excluding hydrogens is 433 g/mol. The first-order valence-electron chi connectivity index (χ1n) is 11.8. The van der Waals surface area contributed by atoms with E-state index in [4.69, 9.17) is 14.5 Å². The van der Waals surface area contributed by atoms with Gasteiger partial charge in [0.05, 0.1) is 35.8 Å². The van der Waals surface area contributed by atoms with E-state index >= 15 is 0 Å². The topological polar surface area (TPSA) is 51.7 Å². The van der Waals surface area contributed by atoms with E-state index in [1.807, 2.05) is 37.3 Å². The number of aromatic nitrogens is 1. The molecule has 1 aliphatic heterocycles. The van der Waals surface area contributed by atoms with Crippen molar-refractivity contribution in [2.45, 2.75) is 64.3 Å². The number of carbonyl (C=O) groups excluding carboxylic acids is 1. The lowest BCUT2D eigenvalue weighted by atomic mass is 9.87. The van der Waals surface area contributed by atoms with E-state index in [0.717, 1.165) is 49.1 Å². The number of esters is 1. The summed E-state index contributed by atoms with van der Waals surface area (Å²) in [6, 6.07) is 9.67. The third-order valence-corrected chi connectivity index (χ3v) is 6.75. The van der Waals surface area contributed by atoms with E-state index < -0.39 is 12.1 Å². The van der Waals surface area contributed by atoms with Crippen molar-refractivity contribution in [3.05, 3.63) is 36.0 Å². The van der Waals surface area contributed by atoms with Crippen LogP contribution in [0.3, 0.4) is 0 Å². The molecule has 1 aromatic carbocycles. The van der Waals surface area contributed by atoms with Crippen LogP contribution in [-0.2, 0) is 16.1 Å². The van der Waals surface area contributed by atoms with Gasteiger partial charge in [-0.15, -0.1) is 0 Å². The van der Waals surface area contributed by atoms with Crippen LogP contribution in [0.2, 0.25) is 0 Å². The molecule has 0 spiro atoms. The molecule has 33 heavy (non-hydrogen) atoms. The predicted molar refractivity (Wildman–Crippen MR) is 119 cm³/mol. The molecule has 2 fully saturated rings. The van der Waals surface area contributed by atoms with Gasteiger partial charge in [0.2, 0.25) is 0 Å². The highest BCUT2D eigenvalue weighted by molar-refractivity contribution is 5.80. The van der Waals surface area contributed by atoms with E-state index in [2.05, 4.69) is 4.90 Å². The van der Waals surface area contributed by atoms with Crippen LogP contribution in [-0.4, -0.2) is 47.8 Å². The number of fused-ring (bicyclic) bond motifs is 1. The van der Waals surface area contributed by atoms with Crippen LogP contribution in [0, 0.1) is 11.8 Å². The highest BCUT2D eigenvalue weighted by Crippen LogP contribution is 2.38. The van der Waals surface area contributed by atoms with Crippen molar-refractivity contribution in [3.8, 4) is 5.75 Å². The fourth-order valence-electron chi connectivity index (χ4n) is 4.82. The van der Waals surface area contributed by atoms with Crippen LogP contribution < -0.4 is 4.74 Å². The van der Waals surface area contributed by atoms with Gasteiger partial charge in [-0.1, -0.05) is 6.07 Å². The standard InChI is InChI=1S/C25H31F3N2O3/c1-2-32-24(31)17-11-13-30(14-12-17)16-20-6-3-18-15-22(9-10-23(18)29-20)33-21-7-4-19(5-8-21)25(26,27)28/h3,6,9-10,15,17,19,21H,2,4-5,7-8,11-14,16H2,1H3/t19-,21-. The number of rotatable bonds is 6. The summed E-state index contributed by atoms with van der Waals surface area (Å²) in [5, 5.41) is 0.946. The number of hydrogen-bond donors (Lipinski definition) is 0. The van der Waals surface area contributed by atoms with Gasteiger partial charge < -0.3 is 9.47 Å². The van der Waals surface area contributed by atoms with Gasteiger partial charge in [-0.3, -0.25) is 14.7 Å². The van der Waals surface area contributed by atoms with Gasteiger partial charge in [0.25, 0.3) is 0 Å². The van der Waals surface area contributed by atoms with Crippen LogP contribution in [0.1, 0.15) is 51.1 Å². The Morgan fingerprint density at radius 1 is 1.06 bits per heavy atom. The Bertz CT molecular complexity index is 950. The Hall–Kier alpha value is -2.35. The van der Waals surface area contributed by atoms with Crippen LogP contribution in [0.4, 0.5) is 13.2 Å². The first-order valence-corrected chi connectivity index (χ1v) is 11.8. The number of piperidine rings is 1. The number of hydrogen-bond acceptors (Lipinski definition) is 5. The Morgan fingerprint density at radius 3 is 2.45 bits per heavy atom. The molecule has 1 saturated heterocycles. The number of nitrogens with zero attached hydrogens (tertiary/aromatic N) is 2. The summed E-state index contributed by atoms with van der Waals surface area (Å²) < 4.78 is 49.7. The van der Waals surface area contributed by atoms with Crippen molar-refractivity contribution in [1.29, 1.82) is 0 Å². The summed E-state index contributed by atoms with van der Waals surface area (Å²) in [7, 11) is 0. The summed E-state index contributed by atoms with van der Waals surface area (Å²) in [4.78, 5) is 19.0. The van der Waals surface area contributed by atoms with Gasteiger partial charge in [0, 0.05) is 11.9 Å². The molecule has 2 heterocycles. The van der Waals surface area contributed by atoms with E-state index in [-0.39, 0.29) is 30.8 Å². The Kier molecular flexibility index (Phi) is 7.41. The molecule has 8 heteroatoms. The largest absolute Gasteiger partial charge is 0.490 e. The van der Waals surface area contributed by atoms with Crippen molar-refractivity contribution in [3.63, 3.8) is 0 Å². The molecule has 0 unspecified atom stereocenters. The fourth-order valence-corrected chi connectivity index (χ4v) is 4.82. The molecule has 0 atom stereocenters. The second-order valence-corrected chi connectivity index (χ2v) is 9.09. The monoisotopic (exact) mass is 464 g/mol. The lowest BCUT2D eigenvalue weighted by Crippen LogP contribution is -2.36. The number of benzene rings is 1. The molecule has 4 rings (SSSR count). The molecule has 1 aliphatic carbocycles. The predicted octanol–water partition coefficient (Wildman–Crippen LogP) is 5.51. The molecule has 0 amide bonds. The Labute approximate surface area is 192 Å². The van der Waals surface area contributed by atoms with E-state index in [9.17, 15) is 18.0 Å². The van der Waals surface area contributed by atoms with Crippen molar-refractivity contribution >= 4 is 16.9 Å². The molecule has 180 valence electrons. The summed E-state index contributed by atoms with van der Waals surface area (Å²) in [6.45, 7) is 4.66. The Balaban J connectivity index is 1.31. The molecule has 2 aliphatic rings. The third kappa shape index (κ3) is 6.16. The van der Waals surface area contributed by atoms with Crippen LogP contribution in [0.5, 0.6) is 5.75 Å². The average Bonchev–Trinajstić information content (AvgIpc) is 2.79. The first-order chi connectivity index (χ1) is 15.8. The maximum atomic E-state index is 12.9. The van der Waals surface area contributed by atoms with Crippen molar-refractivity contribution in [2.24, 2.45) is 11.8 Å². The number of carbonyl (C=O) groups is 1. The average molecular weight is 465 g/mol. The lowest BCUT2D eigenvalue weighted by Gasteiger charge is -2.30.